The molecule has 0 atom stereocenters. The lowest BCUT2D eigenvalue weighted by Crippen LogP contribution is -2.17. The zero-order valence-electron chi connectivity index (χ0n) is 19.0. The Kier molecular flexibility index (Phi) is 10.9. The number of anilines is 3. The number of rotatable bonds is 16. The first kappa shape index (κ1) is 25.2. The largest absolute Gasteiger partial charge is 0.378 e. The lowest BCUT2D eigenvalue weighted by Gasteiger charge is -2.12. The standard InChI is InChI=1S/C23H31FN8O2/c24-19-6-4-18(5-7-19)17-29-23-31-21(27-11-8-20-3-1-2-10-26-20)30-22(32-23)28-12-14-34-16-15-33-13-9-25/h1-7,10H,8-9,11-17,25H2,(H3,27,28,29,30,31,32). The van der Waals surface area contributed by atoms with Gasteiger partial charge in [0.25, 0.3) is 0 Å². The topological polar surface area (TPSA) is 132 Å². The van der Waals surface area contributed by atoms with Gasteiger partial charge in [-0.2, -0.15) is 15.0 Å². The van der Waals surface area contributed by atoms with Crippen LogP contribution in [0.3, 0.4) is 0 Å². The highest BCUT2D eigenvalue weighted by molar-refractivity contribution is 5.42. The molecule has 34 heavy (non-hydrogen) atoms. The van der Waals surface area contributed by atoms with Crippen molar-refractivity contribution >= 4 is 17.8 Å². The van der Waals surface area contributed by atoms with Crippen LogP contribution in [-0.2, 0) is 22.4 Å². The minimum absolute atomic E-state index is 0.275. The first-order chi connectivity index (χ1) is 16.7. The fourth-order valence-electron chi connectivity index (χ4n) is 2.89. The van der Waals surface area contributed by atoms with E-state index in [1.54, 1.807) is 18.3 Å². The molecule has 2 heterocycles. The molecule has 11 heteroatoms. The Labute approximate surface area is 198 Å². The third kappa shape index (κ3) is 9.61. The van der Waals surface area contributed by atoms with Crippen LogP contribution in [0.2, 0.25) is 0 Å². The number of nitrogens with one attached hydrogen (secondary N) is 3. The van der Waals surface area contributed by atoms with Gasteiger partial charge in [-0.3, -0.25) is 4.98 Å². The van der Waals surface area contributed by atoms with Crippen molar-refractivity contribution in [2.24, 2.45) is 5.73 Å². The summed E-state index contributed by atoms with van der Waals surface area (Å²) >= 11 is 0. The van der Waals surface area contributed by atoms with Crippen molar-refractivity contribution in [3.05, 3.63) is 65.7 Å². The summed E-state index contributed by atoms with van der Waals surface area (Å²) in [6.45, 7) is 4.07. The van der Waals surface area contributed by atoms with Crippen molar-refractivity contribution in [1.29, 1.82) is 0 Å². The second-order valence-electron chi connectivity index (χ2n) is 7.22. The van der Waals surface area contributed by atoms with E-state index in [4.69, 9.17) is 15.2 Å². The summed E-state index contributed by atoms with van der Waals surface area (Å²) in [6.07, 6.45) is 2.50. The van der Waals surface area contributed by atoms with Gasteiger partial charge in [-0.05, 0) is 29.8 Å². The first-order valence-corrected chi connectivity index (χ1v) is 11.2. The fourth-order valence-corrected chi connectivity index (χ4v) is 2.89. The van der Waals surface area contributed by atoms with Gasteiger partial charge in [0.05, 0.1) is 26.4 Å². The molecule has 0 saturated heterocycles. The molecule has 0 amide bonds. The van der Waals surface area contributed by atoms with E-state index in [0.717, 1.165) is 17.7 Å². The van der Waals surface area contributed by atoms with Gasteiger partial charge in [0.1, 0.15) is 5.82 Å². The average molecular weight is 471 g/mol. The van der Waals surface area contributed by atoms with Crippen molar-refractivity contribution in [3.63, 3.8) is 0 Å². The number of ether oxygens (including phenoxy) is 2. The molecule has 0 unspecified atom stereocenters. The highest BCUT2D eigenvalue weighted by Crippen LogP contribution is 2.11. The van der Waals surface area contributed by atoms with Gasteiger partial charge < -0.3 is 31.2 Å². The molecule has 0 spiro atoms. The molecular weight excluding hydrogens is 439 g/mol. The van der Waals surface area contributed by atoms with E-state index in [9.17, 15) is 4.39 Å². The maximum atomic E-state index is 13.2. The van der Waals surface area contributed by atoms with Crippen molar-refractivity contribution < 1.29 is 13.9 Å². The van der Waals surface area contributed by atoms with Gasteiger partial charge in [-0.25, -0.2) is 4.39 Å². The van der Waals surface area contributed by atoms with Crippen molar-refractivity contribution in [2.45, 2.75) is 13.0 Å². The zero-order chi connectivity index (χ0) is 23.8. The van der Waals surface area contributed by atoms with Crippen molar-refractivity contribution in [2.75, 3.05) is 62.0 Å². The van der Waals surface area contributed by atoms with Gasteiger partial charge >= 0.3 is 0 Å². The molecule has 5 N–H and O–H groups in total. The molecule has 1 aromatic carbocycles. The van der Waals surface area contributed by atoms with Gasteiger partial charge in [0.2, 0.25) is 17.8 Å². The van der Waals surface area contributed by atoms with Crippen LogP contribution >= 0.6 is 0 Å². The quantitative estimate of drug-likeness (QED) is 0.231. The highest BCUT2D eigenvalue weighted by Gasteiger charge is 2.07. The third-order valence-corrected chi connectivity index (χ3v) is 4.55. The van der Waals surface area contributed by atoms with Crippen LogP contribution in [0.5, 0.6) is 0 Å². The molecule has 0 aliphatic heterocycles. The molecule has 10 nitrogen and oxygen atoms in total. The van der Waals surface area contributed by atoms with E-state index < -0.39 is 0 Å². The normalized spacial score (nSPS) is 10.8. The molecular formula is C23H31FN8O2. The molecule has 3 rings (SSSR count). The molecule has 0 fully saturated rings. The summed E-state index contributed by atoms with van der Waals surface area (Å²) < 4.78 is 23.9. The van der Waals surface area contributed by atoms with Crippen LogP contribution < -0.4 is 21.7 Å². The Bertz CT molecular complexity index is 963. The molecule has 182 valence electrons. The van der Waals surface area contributed by atoms with Crippen molar-refractivity contribution in [3.8, 4) is 0 Å². The minimum Gasteiger partial charge on any atom is -0.378 e. The number of nitrogens with zero attached hydrogens (tertiary/aromatic N) is 4. The Morgan fingerprint density at radius 3 is 2.12 bits per heavy atom. The Morgan fingerprint density at radius 2 is 1.44 bits per heavy atom. The smallest absolute Gasteiger partial charge is 0.229 e. The lowest BCUT2D eigenvalue weighted by atomic mass is 10.2. The second-order valence-corrected chi connectivity index (χ2v) is 7.22. The van der Waals surface area contributed by atoms with Crippen LogP contribution in [0.4, 0.5) is 22.2 Å². The number of aromatic nitrogens is 4. The average Bonchev–Trinajstić information content (AvgIpc) is 2.86. The van der Waals surface area contributed by atoms with E-state index in [2.05, 4.69) is 35.9 Å². The van der Waals surface area contributed by atoms with Crippen LogP contribution in [0.15, 0.2) is 48.7 Å². The Morgan fingerprint density at radius 1 is 0.765 bits per heavy atom. The monoisotopic (exact) mass is 470 g/mol. The Balaban J connectivity index is 1.54. The summed E-state index contributed by atoms with van der Waals surface area (Å²) in [4.78, 5) is 17.6. The van der Waals surface area contributed by atoms with Crippen LogP contribution in [-0.4, -0.2) is 66.0 Å². The number of hydrogen-bond donors (Lipinski definition) is 4. The minimum atomic E-state index is -0.275. The maximum Gasteiger partial charge on any atom is 0.229 e. The summed E-state index contributed by atoms with van der Waals surface area (Å²) in [7, 11) is 0. The fraction of sp³-hybridized carbons (Fsp3) is 0.391. The van der Waals surface area contributed by atoms with E-state index in [1.165, 1.54) is 12.1 Å². The predicted octanol–water partition coefficient (Wildman–Crippen LogP) is 2.08. The van der Waals surface area contributed by atoms with Crippen LogP contribution in [0.25, 0.3) is 0 Å². The van der Waals surface area contributed by atoms with Gasteiger partial charge in [0, 0.05) is 44.5 Å². The lowest BCUT2D eigenvalue weighted by molar-refractivity contribution is 0.0547. The van der Waals surface area contributed by atoms with E-state index >= 15 is 0 Å². The van der Waals surface area contributed by atoms with E-state index in [-0.39, 0.29) is 5.82 Å². The van der Waals surface area contributed by atoms with E-state index in [0.29, 0.717) is 70.5 Å². The number of hydrogen-bond acceptors (Lipinski definition) is 10. The van der Waals surface area contributed by atoms with Crippen molar-refractivity contribution in [1.82, 2.24) is 19.9 Å². The van der Waals surface area contributed by atoms with Gasteiger partial charge in [-0.1, -0.05) is 18.2 Å². The SMILES string of the molecule is NCCOCCOCCNc1nc(NCCc2ccccn2)nc(NCc2ccc(F)cc2)n1. The summed E-state index contributed by atoms with van der Waals surface area (Å²) in [5.41, 5.74) is 7.26. The zero-order valence-corrected chi connectivity index (χ0v) is 19.0. The molecule has 0 saturated carbocycles. The maximum absolute atomic E-state index is 13.2. The Hall–Kier alpha value is -3.41. The molecule has 0 bridgehead atoms. The highest BCUT2D eigenvalue weighted by atomic mass is 19.1. The first-order valence-electron chi connectivity index (χ1n) is 11.2. The third-order valence-electron chi connectivity index (χ3n) is 4.55. The molecule has 2 aromatic heterocycles. The number of halogens is 1. The van der Waals surface area contributed by atoms with E-state index in [1.807, 2.05) is 18.2 Å². The molecule has 3 aromatic rings. The van der Waals surface area contributed by atoms with Crippen LogP contribution in [0, 0.1) is 5.82 Å². The molecule has 0 radical (unpaired) electrons. The number of benzene rings is 1. The second kappa shape index (κ2) is 14.7. The summed E-state index contributed by atoms with van der Waals surface area (Å²) in [6, 6.07) is 12.1. The van der Waals surface area contributed by atoms with Gasteiger partial charge in [-0.15, -0.1) is 0 Å². The van der Waals surface area contributed by atoms with Gasteiger partial charge in [0.15, 0.2) is 0 Å². The predicted molar refractivity (Wildman–Crippen MR) is 129 cm³/mol. The van der Waals surface area contributed by atoms with Crippen LogP contribution in [0.1, 0.15) is 11.3 Å². The number of pyridine rings is 1. The molecule has 0 aliphatic rings. The number of nitrogens with two attached hydrogens (primary N) is 1. The molecule has 0 aliphatic carbocycles. The summed E-state index contributed by atoms with van der Waals surface area (Å²) in [5.74, 6) is 0.979. The summed E-state index contributed by atoms with van der Waals surface area (Å²) in [5, 5.41) is 9.54.